The minimum atomic E-state index is -0.0689. The summed E-state index contributed by atoms with van der Waals surface area (Å²) in [5.41, 5.74) is 3.57. The Labute approximate surface area is 125 Å². The molecular formula is C17H21NO3. The molecule has 0 unspecified atom stereocenters. The second kappa shape index (κ2) is 6.99. The molecule has 0 amide bonds. The van der Waals surface area contributed by atoms with E-state index in [1.54, 1.807) is 6.07 Å². The summed E-state index contributed by atoms with van der Waals surface area (Å²) in [6, 6.07) is 11.1. The summed E-state index contributed by atoms with van der Waals surface area (Å²) in [6.07, 6.45) is 0. The summed E-state index contributed by atoms with van der Waals surface area (Å²) in [5.74, 6) is 0.977. The Morgan fingerprint density at radius 2 is 1.90 bits per heavy atom. The van der Waals surface area contributed by atoms with E-state index in [1.165, 1.54) is 0 Å². The van der Waals surface area contributed by atoms with E-state index in [-0.39, 0.29) is 12.4 Å². The van der Waals surface area contributed by atoms with Gasteiger partial charge in [-0.25, -0.2) is 0 Å². The lowest BCUT2D eigenvalue weighted by Gasteiger charge is -2.13. The first-order valence-corrected chi connectivity index (χ1v) is 7.03. The molecule has 0 heterocycles. The van der Waals surface area contributed by atoms with Crippen LogP contribution in [0.2, 0.25) is 0 Å². The first kappa shape index (κ1) is 15.2. The SMILES string of the molecule is CCOc1ccc(NCc2cc(C)ccc2O)cc1CO. The fourth-order valence-corrected chi connectivity index (χ4v) is 2.16. The van der Waals surface area contributed by atoms with E-state index in [0.717, 1.165) is 22.4 Å². The maximum Gasteiger partial charge on any atom is 0.124 e. The molecule has 112 valence electrons. The van der Waals surface area contributed by atoms with Gasteiger partial charge in [0.25, 0.3) is 0 Å². The number of aryl methyl sites for hydroxylation is 1. The number of aliphatic hydroxyl groups is 1. The summed E-state index contributed by atoms with van der Waals surface area (Å²) >= 11 is 0. The quantitative estimate of drug-likeness (QED) is 0.763. The zero-order valence-electron chi connectivity index (χ0n) is 12.4. The number of rotatable bonds is 6. The second-order valence-corrected chi connectivity index (χ2v) is 4.90. The van der Waals surface area contributed by atoms with Crippen molar-refractivity contribution in [3.63, 3.8) is 0 Å². The number of anilines is 1. The largest absolute Gasteiger partial charge is 0.508 e. The van der Waals surface area contributed by atoms with Crippen molar-refractivity contribution in [1.29, 1.82) is 0 Å². The smallest absolute Gasteiger partial charge is 0.124 e. The lowest BCUT2D eigenvalue weighted by molar-refractivity contribution is 0.267. The van der Waals surface area contributed by atoms with E-state index in [4.69, 9.17) is 4.74 Å². The molecule has 0 atom stereocenters. The number of ether oxygens (including phenoxy) is 1. The third-order valence-corrected chi connectivity index (χ3v) is 3.25. The van der Waals surface area contributed by atoms with Crippen LogP contribution in [0.5, 0.6) is 11.5 Å². The summed E-state index contributed by atoms with van der Waals surface area (Å²) < 4.78 is 5.45. The predicted octanol–water partition coefficient (Wildman–Crippen LogP) is 3.20. The topological polar surface area (TPSA) is 61.7 Å². The second-order valence-electron chi connectivity index (χ2n) is 4.90. The van der Waals surface area contributed by atoms with Crippen LogP contribution in [0.25, 0.3) is 0 Å². The standard InChI is InChI=1S/C17H21NO3/c1-3-21-17-7-5-15(9-14(17)11-19)18-10-13-8-12(2)4-6-16(13)20/h4-9,18-20H,3,10-11H2,1-2H3. The average Bonchev–Trinajstić information content (AvgIpc) is 2.49. The predicted molar refractivity (Wildman–Crippen MR) is 83.7 cm³/mol. The van der Waals surface area contributed by atoms with Gasteiger partial charge in [0.15, 0.2) is 0 Å². The fraction of sp³-hybridized carbons (Fsp3) is 0.294. The van der Waals surface area contributed by atoms with Crippen molar-refractivity contribution < 1.29 is 14.9 Å². The van der Waals surface area contributed by atoms with Crippen LogP contribution in [0.3, 0.4) is 0 Å². The van der Waals surface area contributed by atoms with Crippen LogP contribution in [0.15, 0.2) is 36.4 Å². The third kappa shape index (κ3) is 3.89. The Morgan fingerprint density at radius 1 is 1.10 bits per heavy atom. The molecule has 2 aromatic carbocycles. The number of hydrogen-bond donors (Lipinski definition) is 3. The van der Waals surface area contributed by atoms with Crippen molar-refractivity contribution in [2.75, 3.05) is 11.9 Å². The molecule has 0 aliphatic heterocycles. The molecule has 0 saturated carbocycles. The maximum absolute atomic E-state index is 9.83. The van der Waals surface area contributed by atoms with Gasteiger partial charge >= 0.3 is 0 Å². The molecular weight excluding hydrogens is 266 g/mol. The molecule has 0 aliphatic rings. The molecule has 0 radical (unpaired) electrons. The van der Waals surface area contributed by atoms with Crippen molar-refractivity contribution in [1.82, 2.24) is 0 Å². The van der Waals surface area contributed by atoms with E-state index in [9.17, 15) is 10.2 Å². The van der Waals surface area contributed by atoms with Crippen molar-refractivity contribution >= 4 is 5.69 Å². The Bertz CT molecular complexity index is 611. The first-order valence-electron chi connectivity index (χ1n) is 7.03. The van der Waals surface area contributed by atoms with Crippen LogP contribution in [-0.2, 0) is 13.2 Å². The Balaban J connectivity index is 2.11. The summed E-state index contributed by atoms with van der Waals surface area (Å²) in [5, 5.41) is 22.5. The Morgan fingerprint density at radius 3 is 2.62 bits per heavy atom. The lowest BCUT2D eigenvalue weighted by atomic mass is 10.1. The van der Waals surface area contributed by atoms with Crippen LogP contribution in [0.1, 0.15) is 23.6 Å². The minimum absolute atomic E-state index is 0.0689. The number of nitrogens with one attached hydrogen (secondary N) is 1. The van der Waals surface area contributed by atoms with Gasteiger partial charge in [-0.1, -0.05) is 17.7 Å². The van der Waals surface area contributed by atoms with Gasteiger partial charge in [-0.2, -0.15) is 0 Å². The number of phenolic OH excluding ortho intramolecular Hbond substituents is 1. The third-order valence-electron chi connectivity index (χ3n) is 3.25. The highest BCUT2D eigenvalue weighted by Crippen LogP contribution is 2.24. The van der Waals surface area contributed by atoms with Crippen LogP contribution >= 0.6 is 0 Å². The maximum atomic E-state index is 9.83. The number of hydrogen-bond acceptors (Lipinski definition) is 4. The summed E-state index contributed by atoms with van der Waals surface area (Å²) in [4.78, 5) is 0. The molecule has 0 fully saturated rings. The van der Waals surface area contributed by atoms with Crippen molar-refractivity contribution in [2.45, 2.75) is 27.0 Å². The van der Waals surface area contributed by atoms with Crippen LogP contribution in [-0.4, -0.2) is 16.8 Å². The molecule has 4 heteroatoms. The fourth-order valence-electron chi connectivity index (χ4n) is 2.16. The zero-order valence-corrected chi connectivity index (χ0v) is 12.4. The van der Waals surface area contributed by atoms with E-state index in [2.05, 4.69) is 5.32 Å². The molecule has 2 rings (SSSR count). The lowest BCUT2D eigenvalue weighted by Crippen LogP contribution is -2.02. The van der Waals surface area contributed by atoms with Gasteiger partial charge in [-0.3, -0.25) is 0 Å². The van der Waals surface area contributed by atoms with E-state index in [1.807, 2.05) is 44.2 Å². The molecule has 3 N–H and O–H groups in total. The normalized spacial score (nSPS) is 10.4. The van der Waals surface area contributed by atoms with E-state index >= 15 is 0 Å². The van der Waals surface area contributed by atoms with Crippen LogP contribution < -0.4 is 10.1 Å². The van der Waals surface area contributed by atoms with Gasteiger partial charge < -0.3 is 20.3 Å². The van der Waals surface area contributed by atoms with Crippen molar-refractivity contribution in [3.05, 3.63) is 53.1 Å². The van der Waals surface area contributed by atoms with Gasteiger partial charge in [0.05, 0.1) is 13.2 Å². The van der Waals surface area contributed by atoms with Gasteiger partial charge in [-0.15, -0.1) is 0 Å². The summed E-state index contributed by atoms with van der Waals surface area (Å²) in [6.45, 7) is 4.92. The number of aliphatic hydroxyl groups excluding tert-OH is 1. The molecule has 0 spiro atoms. The van der Waals surface area contributed by atoms with Gasteiger partial charge in [0, 0.05) is 23.4 Å². The molecule has 0 aromatic heterocycles. The minimum Gasteiger partial charge on any atom is -0.508 e. The van der Waals surface area contributed by atoms with Crippen molar-refractivity contribution in [3.8, 4) is 11.5 Å². The molecule has 2 aromatic rings. The molecule has 4 nitrogen and oxygen atoms in total. The highest BCUT2D eigenvalue weighted by Gasteiger charge is 2.05. The number of phenols is 1. The van der Waals surface area contributed by atoms with Gasteiger partial charge in [0.2, 0.25) is 0 Å². The highest BCUT2D eigenvalue weighted by molar-refractivity contribution is 5.52. The Hall–Kier alpha value is -2.20. The molecule has 0 aliphatic carbocycles. The zero-order chi connectivity index (χ0) is 15.2. The number of benzene rings is 2. The van der Waals surface area contributed by atoms with Crippen molar-refractivity contribution in [2.24, 2.45) is 0 Å². The molecule has 21 heavy (non-hydrogen) atoms. The Kier molecular flexibility index (Phi) is 5.06. The highest BCUT2D eigenvalue weighted by atomic mass is 16.5. The van der Waals surface area contributed by atoms with E-state index < -0.39 is 0 Å². The van der Waals surface area contributed by atoms with E-state index in [0.29, 0.717) is 18.9 Å². The summed E-state index contributed by atoms with van der Waals surface area (Å²) in [7, 11) is 0. The number of aromatic hydroxyl groups is 1. The van der Waals surface area contributed by atoms with Crippen LogP contribution in [0.4, 0.5) is 5.69 Å². The van der Waals surface area contributed by atoms with Gasteiger partial charge in [-0.05, 0) is 38.1 Å². The van der Waals surface area contributed by atoms with Crippen LogP contribution in [0, 0.1) is 6.92 Å². The first-order chi connectivity index (χ1) is 10.1. The molecule has 0 bridgehead atoms. The van der Waals surface area contributed by atoms with Gasteiger partial charge in [0.1, 0.15) is 11.5 Å². The molecule has 0 saturated heterocycles. The average molecular weight is 287 g/mol. The monoisotopic (exact) mass is 287 g/mol.